The second kappa shape index (κ2) is 12.5. The molecule has 0 radical (unpaired) electrons. The van der Waals surface area contributed by atoms with Crippen molar-refractivity contribution in [3.8, 4) is 51.0 Å². The largest absolute Gasteiger partial charge is 0.307 e. The lowest BCUT2D eigenvalue weighted by molar-refractivity contribution is 1.08. The fraction of sp³-hybridized carbons (Fsp3) is 0. The number of para-hydroxylation sites is 5. The van der Waals surface area contributed by atoms with Crippen molar-refractivity contribution < 1.29 is 0 Å². The van der Waals surface area contributed by atoms with Crippen LogP contribution in [0.15, 0.2) is 194 Å². The fourth-order valence-corrected chi connectivity index (χ4v) is 8.02. The van der Waals surface area contributed by atoms with Gasteiger partial charge < -0.3 is 4.57 Å². The van der Waals surface area contributed by atoms with Crippen LogP contribution < -0.4 is 0 Å². The van der Waals surface area contributed by atoms with Gasteiger partial charge in [-0.15, -0.1) is 0 Å². The first kappa shape index (κ1) is 31.0. The smallest absolute Gasteiger partial charge is 0.167 e. The van der Waals surface area contributed by atoms with Crippen LogP contribution in [-0.2, 0) is 0 Å². The van der Waals surface area contributed by atoms with Crippen LogP contribution in [0.5, 0.6) is 0 Å². The molecule has 55 heavy (non-hydrogen) atoms. The van der Waals surface area contributed by atoms with Gasteiger partial charge in [-0.25, -0.2) is 15.0 Å². The molecule has 4 aromatic heterocycles. The third kappa shape index (κ3) is 5.00. The lowest BCUT2D eigenvalue weighted by Crippen LogP contribution is -1.99. The maximum Gasteiger partial charge on any atom is 0.167 e. The van der Waals surface area contributed by atoms with Crippen molar-refractivity contribution in [2.75, 3.05) is 0 Å². The summed E-state index contributed by atoms with van der Waals surface area (Å²) >= 11 is 0. The highest BCUT2D eigenvalue weighted by atomic mass is 15.2. The molecule has 0 fully saturated rings. The van der Waals surface area contributed by atoms with Crippen LogP contribution in [0.4, 0.5) is 0 Å². The summed E-state index contributed by atoms with van der Waals surface area (Å²) in [5.41, 5.74) is 13.4. The average molecular weight is 705 g/mol. The van der Waals surface area contributed by atoms with Crippen LogP contribution in [0, 0.1) is 0 Å². The fourth-order valence-electron chi connectivity index (χ4n) is 8.02. The maximum absolute atomic E-state index is 5.40. The van der Waals surface area contributed by atoms with E-state index in [1.807, 2.05) is 24.4 Å². The van der Waals surface area contributed by atoms with Crippen LogP contribution in [0.3, 0.4) is 0 Å². The summed E-state index contributed by atoms with van der Waals surface area (Å²) in [6.07, 6.45) is 1.90. The second-order valence-corrected chi connectivity index (χ2v) is 13.7. The van der Waals surface area contributed by atoms with Crippen LogP contribution in [0.2, 0.25) is 0 Å². The van der Waals surface area contributed by atoms with Crippen molar-refractivity contribution in [3.05, 3.63) is 194 Å². The van der Waals surface area contributed by atoms with Crippen LogP contribution >= 0.6 is 0 Å². The molecule has 0 spiro atoms. The Morgan fingerprint density at radius 3 is 1.55 bits per heavy atom. The lowest BCUT2D eigenvalue weighted by Gasteiger charge is -2.12. The zero-order chi connectivity index (χ0) is 36.3. The molecule has 0 N–H and O–H groups in total. The molecular weight excluding hydrogens is 673 g/mol. The molecule has 0 unspecified atom stereocenters. The highest BCUT2D eigenvalue weighted by Crippen LogP contribution is 2.37. The van der Waals surface area contributed by atoms with Gasteiger partial charge in [-0.05, 0) is 65.7 Å². The zero-order valence-corrected chi connectivity index (χ0v) is 29.7. The Bertz CT molecular complexity index is 3120. The maximum atomic E-state index is 5.40. The molecule has 0 aliphatic carbocycles. The molecule has 0 amide bonds. The number of aromatic nitrogens is 6. The Morgan fingerprint density at radius 1 is 0.345 bits per heavy atom. The van der Waals surface area contributed by atoms with Gasteiger partial charge in [-0.2, -0.15) is 0 Å². The average Bonchev–Trinajstić information content (AvgIpc) is 3.95. The van der Waals surface area contributed by atoms with Gasteiger partial charge >= 0.3 is 0 Å². The highest BCUT2D eigenvalue weighted by Gasteiger charge is 2.21. The number of fused-ring (bicyclic) bond motifs is 5. The van der Waals surface area contributed by atoms with E-state index in [2.05, 4.69) is 184 Å². The van der Waals surface area contributed by atoms with Crippen molar-refractivity contribution in [1.29, 1.82) is 0 Å². The van der Waals surface area contributed by atoms with Gasteiger partial charge in [0, 0.05) is 39.5 Å². The van der Waals surface area contributed by atoms with Crippen molar-refractivity contribution in [2.24, 2.45) is 0 Å². The van der Waals surface area contributed by atoms with E-state index in [1.54, 1.807) is 0 Å². The first-order chi connectivity index (χ1) is 27.3. The monoisotopic (exact) mass is 704 g/mol. The third-order valence-electron chi connectivity index (χ3n) is 10.6. The Morgan fingerprint density at radius 2 is 0.855 bits per heavy atom. The molecule has 6 heteroatoms. The summed E-state index contributed by atoms with van der Waals surface area (Å²) in [4.78, 5) is 15.4. The molecule has 0 atom stereocenters. The molecule has 0 saturated heterocycles. The molecule has 0 aliphatic rings. The summed E-state index contributed by atoms with van der Waals surface area (Å²) in [7, 11) is 0. The first-order valence-electron chi connectivity index (χ1n) is 18.5. The molecule has 6 nitrogen and oxygen atoms in total. The molecular formula is C49H32N6. The molecule has 0 saturated carbocycles. The first-order valence-corrected chi connectivity index (χ1v) is 18.5. The quantitative estimate of drug-likeness (QED) is 0.173. The van der Waals surface area contributed by atoms with Crippen LogP contribution in [-0.4, -0.2) is 28.7 Å². The lowest BCUT2D eigenvalue weighted by atomic mass is 10.0. The standard InChI is InChI=1S/C49H32N6/c1-3-13-35(14-4-1)47-51-41-19-9-12-22-44(41)53(47)38-29-27-34(28-30-38)33-23-25-36(26-24-33)48-52-46-45(31-32-50-49(46)54(48)37-15-5-2-6-16-37)55-42-20-10-7-17-39(42)40-18-8-11-21-43(40)55/h1-32H. The molecule has 0 aliphatic heterocycles. The number of hydrogen-bond acceptors (Lipinski definition) is 3. The van der Waals surface area contributed by atoms with Gasteiger partial charge in [0.05, 0.1) is 27.8 Å². The minimum absolute atomic E-state index is 0.808. The van der Waals surface area contributed by atoms with E-state index in [0.29, 0.717) is 0 Å². The minimum atomic E-state index is 0.808. The highest BCUT2D eigenvalue weighted by molar-refractivity contribution is 6.10. The van der Waals surface area contributed by atoms with Gasteiger partial charge in [0.2, 0.25) is 0 Å². The van der Waals surface area contributed by atoms with E-state index in [-0.39, 0.29) is 0 Å². The molecule has 11 aromatic rings. The van der Waals surface area contributed by atoms with Crippen molar-refractivity contribution >= 4 is 44.0 Å². The topological polar surface area (TPSA) is 53.5 Å². The van der Waals surface area contributed by atoms with E-state index in [1.165, 1.54) is 10.8 Å². The third-order valence-corrected chi connectivity index (χ3v) is 10.6. The van der Waals surface area contributed by atoms with Gasteiger partial charge in [-0.1, -0.05) is 133 Å². The summed E-state index contributed by atoms with van der Waals surface area (Å²) < 4.78 is 6.74. The van der Waals surface area contributed by atoms with Gasteiger partial charge in [0.25, 0.3) is 0 Å². The van der Waals surface area contributed by atoms with E-state index < -0.39 is 0 Å². The predicted octanol–water partition coefficient (Wildman–Crippen LogP) is 11.9. The number of pyridine rings is 1. The van der Waals surface area contributed by atoms with Gasteiger partial charge in [0.1, 0.15) is 17.2 Å². The zero-order valence-electron chi connectivity index (χ0n) is 29.7. The van der Waals surface area contributed by atoms with Crippen LogP contribution in [0.1, 0.15) is 0 Å². The summed E-state index contributed by atoms with van der Waals surface area (Å²) in [5, 5.41) is 2.42. The van der Waals surface area contributed by atoms with E-state index in [0.717, 1.165) is 84.2 Å². The SMILES string of the molecule is c1ccc(-c2nc3ccccc3n2-c2ccc(-c3ccc(-c4nc5c(-n6c7ccccc7c7ccccc76)ccnc5n4-c4ccccc4)cc3)cc2)cc1. The molecule has 0 bridgehead atoms. The Labute approximate surface area is 316 Å². The van der Waals surface area contributed by atoms with Gasteiger partial charge in [-0.3, -0.25) is 9.13 Å². The van der Waals surface area contributed by atoms with Gasteiger partial charge in [0.15, 0.2) is 5.65 Å². The molecule has 7 aromatic carbocycles. The Hall–Kier alpha value is -7.57. The molecule has 11 rings (SSSR count). The minimum Gasteiger partial charge on any atom is -0.307 e. The predicted molar refractivity (Wildman–Crippen MR) is 224 cm³/mol. The van der Waals surface area contributed by atoms with Crippen LogP contribution in [0.25, 0.3) is 95.0 Å². The summed E-state index contributed by atoms with van der Waals surface area (Å²) in [5.74, 6) is 1.76. The number of nitrogens with zero attached hydrogens (tertiary/aromatic N) is 6. The molecule has 4 heterocycles. The molecule has 258 valence electrons. The number of rotatable bonds is 6. The number of hydrogen-bond donors (Lipinski definition) is 0. The summed E-state index contributed by atoms with van der Waals surface area (Å²) in [6, 6.07) is 65.7. The second-order valence-electron chi connectivity index (χ2n) is 13.7. The number of imidazole rings is 2. The van der Waals surface area contributed by atoms with E-state index in [4.69, 9.17) is 15.0 Å². The Balaban J connectivity index is 1.01. The Kier molecular flexibility index (Phi) is 7.07. The van der Waals surface area contributed by atoms with Crippen molar-refractivity contribution in [2.45, 2.75) is 0 Å². The normalized spacial score (nSPS) is 11.6. The van der Waals surface area contributed by atoms with Crippen molar-refractivity contribution in [1.82, 2.24) is 28.7 Å². The van der Waals surface area contributed by atoms with E-state index >= 15 is 0 Å². The van der Waals surface area contributed by atoms with E-state index in [9.17, 15) is 0 Å². The summed E-state index contributed by atoms with van der Waals surface area (Å²) in [6.45, 7) is 0. The van der Waals surface area contributed by atoms with Crippen molar-refractivity contribution in [3.63, 3.8) is 0 Å². The number of benzene rings is 7.